The van der Waals surface area contributed by atoms with Gasteiger partial charge in [-0.15, -0.1) is 0 Å². The molecular weight excluding hydrogens is 208 g/mol. The lowest BCUT2D eigenvalue weighted by molar-refractivity contribution is -0.0870. The maximum absolute atomic E-state index is 5.70. The fourth-order valence-electron chi connectivity index (χ4n) is 5.47. The van der Waals surface area contributed by atoms with Crippen molar-refractivity contribution in [3.8, 4) is 0 Å². The van der Waals surface area contributed by atoms with Gasteiger partial charge in [0.1, 0.15) is 0 Å². The van der Waals surface area contributed by atoms with Gasteiger partial charge in [0, 0.05) is 5.54 Å². The minimum atomic E-state index is 0.596. The topological polar surface area (TPSA) is 29.3 Å². The van der Waals surface area contributed by atoms with E-state index in [0.29, 0.717) is 5.54 Å². The van der Waals surface area contributed by atoms with Crippen LogP contribution in [0.25, 0.3) is 0 Å². The van der Waals surface area contributed by atoms with E-state index in [2.05, 4.69) is 11.8 Å². The highest BCUT2D eigenvalue weighted by Gasteiger charge is 2.52. The molecule has 4 fully saturated rings. The Kier molecular flexibility index (Phi) is 3.20. The standard InChI is InChI=1S/C15H28N2/c1-2-17(5-3-4-16)15-9-12-6-13(10-15)8-14(7-12)11-15/h12-14H,2-11,16H2,1H3. The van der Waals surface area contributed by atoms with E-state index in [0.717, 1.165) is 24.3 Å². The van der Waals surface area contributed by atoms with Crippen LogP contribution in [-0.4, -0.2) is 30.1 Å². The van der Waals surface area contributed by atoms with Crippen LogP contribution in [0.1, 0.15) is 51.9 Å². The van der Waals surface area contributed by atoms with Crippen LogP contribution in [0.15, 0.2) is 0 Å². The zero-order chi connectivity index (χ0) is 11.9. The molecule has 0 aliphatic heterocycles. The molecule has 4 rings (SSSR count). The van der Waals surface area contributed by atoms with Gasteiger partial charge in [0.15, 0.2) is 0 Å². The zero-order valence-corrected chi connectivity index (χ0v) is 11.3. The van der Waals surface area contributed by atoms with Crippen LogP contribution in [0.5, 0.6) is 0 Å². The number of hydrogen-bond donors (Lipinski definition) is 1. The lowest BCUT2D eigenvalue weighted by atomic mass is 9.52. The Morgan fingerprint density at radius 2 is 1.59 bits per heavy atom. The average molecular weight is 236 g/mol. The summed E-state index contributed by atoms with van der Waals surface area (Å²) in [6.45, 7) is 5.66. The third kappa shape index (κ3) is 2.04. The van der Waals surface area contributed by atoms with Crippen molar-refractivity contribution in [1.82, 2.24) is 4.90 Å². The van der Waals surface area contributed by atoms with E-state index >= 15 is 0 Å². The molecule has 4 aliphatic carbocycles. The molecule has 0 unspecified atom stereocenters. The third-order valence-corrected chi connectivity index (χ3v) is 5.69. The molecule has 17 heavy (non-hydrogen) atoms. The van der Waals surface area contributed by atoms with E-state index in [1.807, 2.05) is 0 Å². The molecule has 0 heterocycles. The zero-order valence-electron chi connectivity index (χ0n) is 11.3. The molecule has 2 N–H and O–H groups in total. The van der Waals surface area contributed by atoms with Crippen LogP contribution in [-0.2, 0) is 0 Å². The van der Waals surface area contributed by atoms with Gasteiger partial charge in [-0.05, 0) is 82.3 Å². The second-order valence-electron chi connectivity index (χ2n) is 6.86. The molecule has 2 nitrogen and oxygen atoms in total. The van der Waals surface area contributed by atoms with Crippen LogP contribution in [0.4, 0.5) is 0 Å². The first-order valence-corrected chi connectivity index (χ1v) is 7.71. The average Bonchev–Trinajstić information content (AvgIpc) is 2.27. The summed E-state index contributed by atoms with van der Waals surface area (Å²) in [7, 11) is 0. The third-order valence-electron chi connectivity index (χ3n) is 5.69. The summed E-state index contributed by atoms with van der Waals surface area (Å²) in [5.74, 6) is 3.19. The molecule has 4 saturated carbocycles. The summed E-state index contributed by atoms with van der Waals surface area (Å²) in [6, 6.07) is 0. The van der Waals surface area contributed by atoms with Crippen LogP contribution in [0, 0.1) is 17.8 Å². The summed E-state index contributed by atoms with van der Waals surface area (Å²) >= 11 is 0. The van der Waals surface area contributed by atoms with Crippen LogP contribution in [0.3, 0.4) is 0 Å². The van der Waals surface area contributed by atoms with Crippen molar-refractivity contribution < 1.29 is 0 Å². The van der Waals surface area contributed by atoms with Gasteiger partial charge in [-0.1, -0.05) is 6.92 Å². The Labute approximate surface area is 106 Å². The van der Waals surface area contributed by atoms with Gasteiger partial charge in [0.05, 0.1) is 0 Å². The van der Waals surface area contributed by atoms with E-state index in [4.69, 9.17) is 5.73 Å². The predicted octanol–water partition coefficient (Wildman–Crippen LogP) is 2.63. The van der Waals surface area contributed by atoms with Gasteiger partial charge < -0.3 is 5.73 Å². The number of nitrogens with zero attached hydrogens (tertiary/aromatic N) is 1. The first kappa shape index (κ1) is 12.0. The lowest BCUT2D eigenvalue weighted by Gasteiger charge is -2.60. The molecule has 0 radical (unpaired) electrons. The second kappa shape index (κ2) is 4.55. The first-order chi connectivity index (χ1) is 8.25. The molecule has 4 aliphatic rings. The lowest BCUT2D eigenvalue weighted by Crippen LogP contribution is -2.60. The molecule has 0 aromatic heterocycles. The number of rotatable bonds is 5. The Morgan fingerprint density at radius 1 is 1.06 bits per heavy atom. The second-order valence-corrected chi connectivity index (χ2v) is 6.86. The minimum absolute atomic E-state index is 0.596. The van der Waals surface area contributed by atoms with Gasteiger partial charge in [0.25, 0.3) is 0 Å². The van der Waals surface area contributed by atoms with E-state index in [1.54, 1.807) is 19.3 Å². The summed E-state index contributed by atoms with van der Waals surface area (Å²) in [5, 5.41) is 0. The van der Waals surface area contributed by atoms with Crippen molar-refractivity contribution in [1.29, 1.82) is 0 Å². The van der Waals surface area contributed by atoms with E-state index < -0.39 is 0 Å². The van der Waals surface area contributed by atoms with E-state index in [-0.39, 0.29) is 0 Å². The smallest absolute Gasteiger partial charge is 0.0217 e. The summed E-state index contributed by atoms with van der Waals surface area (Å²) in [5.41, 5.74) is 6.29. The Morgan fingerprint density at radius 3 is 2.00 bits per heavy atom. The van der Waals surface area contributed by atoms with Gasteiger partial charge >= 0.3 is 0 Å². The molecular formula is C15H28N2. The SMILES string of the molecule is CCN(CCCN)C12CC3CC(CC(C3)C1)C2. The van der Waals surface area contributed by atoms with Crippen LogP contribution < -0.4 is 5.73 Å². The van der Waals surface area contributed by atoms with Gasteiger partial charge in [-0.25, -0.2) is 0 Å². The summed E-state index contributed by atoms with van der Waals surface area (Å²) in [6.07, 6.45) is 10.3. The molecule has 0 amide bonds. The van der Waals surface area contributed by atoms with Crippen molar-refractivity contribution in [2.24, 2.45) is 23.5 Å². The van der Waals surface area contributed by atoms with Crippen molar-refractivity contribution in [2.75, 3.05) is 19.6 Å². The highest BCUT2D eigenvalue weighted by molar-refractivity contribution is 5.07. The molecule has 2 heteroatoms. The van der Waals surface area contributed by atoms with Crippen molar-refractivity contribution >= 4 is 0 Å². The van der Waals surface area contributed by atoms with Gasteiger partial charge in [0.2, 0.25) is 0 Å². The minimum Gasteiger partial charge on any atom is -0.330 e. The largest absolute Gasteiger partial charge is 0.330 e. The van der Waals surface area contributed by atoms with Crippen molar-refractivity contribution in [2.45, 2.75) is 57.4 Å². The van der Waals surface area contributed by atoms with E-state index in [9.17, 15) is 0 Å². The fraction of sp³-hybridized carbons (Fsp3) is 1.00. The van der Waals surface area contributed by atoms with Gasteiger partial charge in [-0.2, -0.15) is 0 Å². The highest BCUT2D eigenvalue weighted by Crippen LogP contribution is 2.57. The Hall–Kier alpha value is -0.0800. The normalized spacial score (nSPS) is 43.6. The molecule has 4 bridgehead atoms. The predicted molar refractivity (Wildman–Crippen MR) is 71.8 cm³/mol. The van der Waals surface area contributed by atoms with Crippen LogP contribution in [0.2, 0.25) is 0 Å². The molecule has 0 saturated heterocycles. The quantitative estimate of drug-likeness (QED) is 0.795. The molecule has 0 aromatic rings. The molecule has 0 atom stereocenters. The monoisotopic (exact) mass is 236 g/mol. The van der Waals surface area contributed by atoms with Crippen molar-refractivity contribution in [3.63, 3.8) is 0 Å². The Bertz CT molecular complexity index is 239. The number of hydrogen-bond acceptors (Lipinski definition) is 2. The summed E-state index contributed by atoms with van der Waals surface area (Å²) in [4.78, 5) is 2.80. The molecule has 98 valence electrons. The maximum Gasteiger partial charge on any atom is 0.0217 e. The summed E-state index contributed by atoms with van der Waals surface area (Å²) < 4.78 is 0. The number of nitrogens with two attached hydrogens (primary N) is 1. The fourth-order valence-corrected chi connectivity index (χ4v) is 5.47. The Balaban J connectivity index is 1.75. The van der Waals surface area contributed by atoms with Gasteiger partial charge in [-0.3, -0.25) is 4.90 Å². The maximum atomic E-state index is 5.70. The molecule has 0 spiro atoms. The van der Waals surface area contributed by atoms with E-state index in [1.165, 1.54) is 38.8 Å². The van der Waals surface area contributed by atoms with Crippen LogP contribution >= 0.6 is 0 Å². The molecule has 0 aromatic carbocycles. The first-order valence-electron chi connectivity index (χ1n) is 7.71. The van der Waals surface area contributed by atoms with Crippen molar-refractivity contribution in [3.05, 3.63) is 0 Å². The highest BCUT2D eigenvalue weighted by atomic mass is 15.2.